The molecule has 106 valence electrons. The highest BCUT2D eigenvalue weighted by Crippen LogP contribution is 2.17. The number of nitrogens with two attached hydrogens (primary N) is 1. The van der Waals surface area contributed by atoms with Crippen LogP contribution in [0.4, 0.5) is 5.69 Å². The number of aromatic nitrogens is 1. The fourth-order valence-corrected chi connectivity index (χ4v) is 2.31. The summed E-state index contributed by atoms with van der Waals surface area (Å²) in [7, 11) is 0. The number of rotatable bonds is 6. The molecule has 0 atom stereocenters. The van der Waals surface area contributed by atoms with E-state index in [1.165, 1.54) is 11.3 Å². The molecule has 0 spiro atoms. The number of nitrogens with zero attached hydrogens (tertiary/aromatic N) is 2. The van der Waals surface area contributed by atoms with Gasteiger partial charge < -0.3 is 10.6 Å². The van der Waals surface area contributed by atoms with Crippen molar-refractivity contribution in [3.05, 3.63) is 59.4 Å². The monoisotopic (exact) mass is 269 g/mol. The van der Waals surface area contributed by atoms with Gasteiger partial charge in [0.25, 0.3) is 0 Å². The van der Waals surface area contributed by atoms with E-state index in [4.69, 9.17) is 5.73 Å². The van der Waals surface area contributed by atoms with Gasteiger partial charge in [-0.3, -0.25) is 4.98 Å². The first kappa shape index (κ1) is 14.5. The van der Waals surface area contributed by atoms with Crippen molar-refractivity contribution >= 4 is 5.69 Å². The summed E-state index contributed by atoms with van der Waals surface area (Å²) in [4.78, 5) is 6.90. The molecular formula is C17H23N3. The molecule has 2 aromatic rings. The van der Waals surface area contributed by atoms with Gasteiger partial charge in [0.15, 0.2) is 0 Å². The van der Waals surface area contributed by atoms with Gasteiger partial charge in [0.2, 0.25) is 0 Å². The summed E-state index contributed by atoms with van der Waals surface area (Å²) in [5.41, 5.74) is 10.3. The number of benzene rings is 1. The van der Waals surface area contributed by atoms with Gasteiger partial charge in [-0.2, -0.15) is 0 Å². The summed E-state index contributed by atoms with van der Waals surface area (Å²) in [6.45, 7) is 6.70. The Morgan fingerprint density at radius 1 is 1.10 bits per heavy atom. The van der Waals surface area contributed by atoms with Gasteiger partial charge in [0, 0.05) is 17.9 Å². The van der Waals surface area contributed by atoms with Crippen LogP contribution in [0, 0.1) is 6.92 Å². The lowest BCUT2D eigenvalue weighted by Crippen LogP contribution is -2.22. The molecule has 3 nitrogen and oxygen atoms in total. The van der Waals surface area contributed by atoms with Gasteiger partial charge in [-0.15, -0.1) is 0 Å². The molecule has 3 heteroatoms. The molecule has 0 radical (unpaired) electrons. The molecule has 0 aliphatic rings. The van der Waals surface area contributed by atoms with Crippen LogP contribution in [0.3, 0.4) is 0 Å². The SMILES string of the molecule is CCN(Cc1cccc(C)n1)c1ccc(CCN)cc1. The third kappa shape index (κ3) is 3.81. The molecule has 1 aromatic heterocycles. The van der Waals surface area contributed by atoms with Gasteiger partial charge >= 0.3 is 0 Å². The zero-order valence-electron chi connectivity index (χ0n) is 12.3. The molecule has 2 rings (SSSR count). The van der Waals surface area contributed by atoms with E-state index in [1.54, 1.807) is 0 Å². The van der Waals surface area contributed by atoms with Crippen LogP contribution in [0.25, 0.3) is 0 Å². The van der Waals surface area contributed by atoms with Gasteiger partial charge in [-0.25, -0.2) is 0 Å². The minimum absolute atomic E-state index is 0.698. The lowest BCUT2D eigenvalue weighted by atomic mass is 10.1. The number of anilines is 1. The maximum Gasteiger partial charge on any atom is 0.0602 e. The Hall–Kier alpha value is -1.87. The molecule has 1 aromatic carbocycles. The van der Waals surface area contributed by atoms with E-state index in [1.807, 2.05) is 13.0 Å². The Bertz CT molecular complexity index is 534. The second-order valence-electron chi connectivity index (χ2n) is 4.99. The van der Waals surface area contributed by atoms with Crippen molar-refractivity contribution in [1.29, 1.82) is 0 Å². The minimum Gasteiger partial charge on any atom is -0.366 e. The van der Waals surface area contributed by atoms with Crippen molar-refractivity contribution in [1.82, 2.24) is 4.98 Å². The minimum atomic E-state index is 0.698. The average Bonchev–Trinajstić information content (AvgIpc) is 2.46. The Morgan fingerprint density at radius 2 is 1.85 bits per heavy atom. The van der Waals surface area contributed by atoms with Crippen LogP contribution in [0.5, 0.6) is 0 Å². The van der Waals surface area contributed by atoms with Crippen LogP contribution in [-0.4, -0.2) is 18.1 Å². The highest BCUT2D eigenvalue weighted by atomic mass is 15.1. The zero-order valence-corrected chi connectivity index (χ0v) is 12.3. The van der Waals surface area contributed by atoms with E-state index in [9.17, 15) is 0 Å². The van der Waals surface area contributed by atoms with Crippen LogP contribution < -0.4 is 10.6 Å². The molecule has 0 bridgehead atoms. The number of pyridine rings is 1. The summed E-state index contributed by atoms with van der Waals surface area (Å²) in [6, 6.07) is 14.8. The molecular weight excluding hydrogens is 246 g/mol. The fraction of sp³-hybridized carbons (Fsp3) is 0.353. The first-order valence-electron chi connectivity index (χ1n) is 7.19. The largest absolute Gasteiger partial charge is 0.366 e. The first-order valence-corrected chi connectivity index (χ1v) is 7.19. The zero-order chi connectivity index (χ0) is 14.4. The molecule has 0 fully saturated rings. The van der Waals surface area contributed by atoms with E-state index >= 15 is 0 Å². The predicted molar refractivity (Wildman–Crippen MR) is 84.9 cm³/mol. The third-order valence-corrected chi connectivity index (χ3v) is 3.42. The van der Waals surface area contributed by atoms with Gasteiger partial charge in [-0.1, -0.05) is 18.2 Å². The molecule has 0 amide bonds. The van der Waals surface area contributed by atoms with E-state index in [0.29, 0.717) is 6.54 Å². The summed E-state index contributed by atoms with van der Waals surface area (Å²) < 4.78 is 0. The van der Waals surface area contributed by atoms with Crippen LogP contribution in [0.15, 0.2) is 42.5 Å². The van der Waals surface area contributed by atoms with Crippen LogP contribution in [0.2, 0.25) is 0 Å². The molecule has 2 N–H and O–H groups in total. The highest BCUT2D eigenvalue weighted by Gasteiger charge is 2.06. The van der Waals surface area contributed by atoms with Gasteiger partial charge in [-0.05, 0) is 56.6 Å². The van der Waals surface area contributed by atoms with Crippen LogP contribution >= 0.6 is 0 Å². The Morgan fingerprint density at radius 3 is 2.45 bits per heavy atom. The normalized spacial score (nSPS) is 10.6. The Balaban J connectivity index is 2.11. The second kappa shape index (κ2) is 7.06. The maximum atomic E-state index is 5.58. The summed E-state index contributed by atoms with van der Waals surface area (Å²) in [5.74, 6) is 0. The highest BCUT2D eigenvalue weighted by molar-refractivity contribution is 5.47. The van der Waals surface area contributed by atoms with Crippen molar-refractivity contribution in [2.45, 2.75) is 26.8 Å². The number of aryl methyl sites for hydroxylation is 1. The van der Waals surface area contributed by atoms with Crippen molar-refractivity contribution in [3.63, 3.8) is 0 Å². The van der Waals surface area contributed by atoms with Crippen molar-refractivity contribution in [2.75, 3.05) is 18.0 Å². The molecule has 0 saturated carbocycles. The molecule has 0 aliphatic heterocycles. The van der Waals surface area contributed by atoms with Crippen LogP contribution in [0.1, 0.15) is 23.9 Å². The van der Waals surface area contributed by atoms with E-state index < -0.39 is 0 Å². The summed E-state index contributed by atoms with van der Waals surface area (Å²) >= 11 is 0. The van der Waals surface area contributed by atoms with E-state index in [0.717, 1.165) is 30.9 Å². The average molecular weight is 269 g/mol. The van der Waals surface area contributed by atoms with Crippen molar-refractivity contribution in [3.8, 4) is 0 Å². The number of hydrogen-bond acceptors (Lipinski definition) is 3. The van der Waals surface area contributed by atoms with Gasteiger partial charge in [0.05, 0.1) is 12.2 Å². The molecule has 20 heavy (non-hydrogen) atoms. The topological polar surface area (TPSA) is 42.2 Å². The van der Waals surface area contributed by atoms with E-state index in [-0.39, 0.29) is 0 Å². The Labute approximate surface area is 121 Å². The summed E-state index contributed by atoms with van der Waals surface area (Å²) in [6.07, 6.45) is 0.936. The quantitative estimate of drug-likeness (QED) is 0.876. The second-order valence-corrected chi connectivity index (χ2v) is 4.99. The maximum absolute atomic E-state index is 5.58. The summed E-state index contributed by atoms with van der Waals surface area (Å²) in [5, 5.41) is 0. The lowest BCUT2D eigenvalue weighted by Gasteiger charge is -2.23. The molecule has 0 aliphatic carbocycles. The molecule has 0 unspecified atom stereocenters. The van der Waals surface area contributed by atoms with Crippen molar-refractivity contribution < 1.29 is 0 Å². The van der Waals surface area contributed by atoms with Crippen molar-refractivity contribution in [2.24, 2.45) is 5.73 Å². The number of hydrogen-bond donors (Lipinski definition) is 1. The van der Waals surface area contributed by atoms with E-state index in [2.05, 4.69) is 53.2 Å². The molecule has 1 heterocycles. The predicted octanol–water partition coefficient (Wildman–Crippen LogP) is 2.92. The Kier molecular flexibility index (Phi) is 5.13. The first-order chi connectivity index (χ1) is 9.72. The van der Waals surface area contributed by atoms with Gasteiger partial charge in [0.1, 0.15) is 0 Å². The smallest absolute Gasteiger partial charge is 0.0602 e. The third-order valence-electron chi connectivity index (χ3n) is 3.42. The van der Waals surface area contributed by atoms with Crippen LogP contribution in [-0.2, 0) is 13.0 Å². The lowest BCUT2D eigenvalue weighted by molar-refractivity contribution is 0.805. The molecule has 0 saturated heterocycles. The fourth-order valence-electron chi connectivity index (χ4n) is 2.31. The standard InChI is InChI=1S/C17H23N3/c1-3-20(13-16-6-4-5-14(2)19-16)17-9-7-15(8-10-17)11-12-18/h4-10H,3,11-13,18H2,1-2H3.